The predicted molar refractivity (Wildman–Crippen MR) is 83.5 cm³/mol. The van der Waals surface area contributed by atoms with Crippen molar-refractivity contribution in [2.24, 2.45) is 0 Å². The molecule has 2 aliphatic rings. The van der Waals surface area contributed by atoms with Gasteiger partial charge in [0.2, 0.25) is 11.8 Å². The zero-order valence-corrected chi connectivity index (χ0v) is 13.3. The maximum atomic E-state index is 5.82. The van der Waals surface area contributed by atoms with E-state index in [4.69, 9.17) is 13.9 Å². The molecule has 2 aliphatic heterocycles. The zero-order chi connectivity index (χ0) is 15.6. The van der Waals surface area contributed by atoms with Crippen LogP contribution in [0.4, 0.5) is 0 Å². The first-order valence-electron chi connectivity index (χ1n) is 8.22. The van der Waals surface area contributed by atoms with Crippen LogP contribution >= 0.6 is 0 Å². The van der Waals surface area contributed by atoms with Gasteiger partial charge in [0.15, 0.2) is 11.5 Å². The number of aromatic nitrogens is 2. The van der Waals surface area contributed by atoms with Gasteiger partial charge >= 0.3 is 0 Å². The van der Waals surface area contributed by atoms with Crippen molar-refractivity contribution < 1.29 is 13.9 Å². The summed E-state index contributed by atoms with van der Waals surface area (Å²) in [4.78, 5) is 2.40. The Morgan fingerprint density at radius 1 is 1.13 bits per heavy atom. The average Bonchev–Trinajstić information content (AvgIpc) is 3.10. The van der Waals surface area contributed by atoms with E-state index in [1.54, 1.807) is 0 Å². The Hall–Kier alpha value is -2.08. The van der Waals surface area contributed by atoms with Crippen LogP contribution in [0.3, 0.4) is 0 Å². The Morgan fingerprint density at radius 3 is 2.83 bits per heavy atom. The Labute approximate surface area is 135 Å². The van der Waals surface area contributed by atoms with Gasteiger partial charge in [-0.3, -0.25) is 4.90 Å². The fraction of sp³-hybridized carbons (Fsp3) is 0.529. The van der Waals surface area contributed by atoms with Gasteiger partial charge in [-0.25, -0.2) is 0 Å². The van der Waals surface area contributed by atoms with E-state index in [2.05, 4.69) is 27.2 Å². The number of likely N-dealkylation sites (tertiary alicyclic amines) is 1. The number of fused-ring (bicyclic) bond motifs is 1. The topological polar surface area (TPSA) is 60.6 Å². The Kier molecular flexibility index (Phi) is 3.91. The van der Waals surface area contributed by atoms with Gasteiger partial charge in [-0.1, -0.05) is 6.07 Å². The molecule has 0 radical (unpaired) electrons. The molecular weight excluding hydrogens is 294 g/mol. The molecule has 0 N–H and O–H groups in total. The molecule has 2 aromatic rings. The van der Waals surface area contributed by atoms with Gasteiger partial charge in [-0.2, -0.15) is 0 Å². The first-order chi connectivity index (χ1) is 11.3. The minimum atomic E-state index is 0.361. The Bertz CT molecular complexity index is 685. The molecular formula is C17H21N3O3. The molecule has 0 saturated carbocycles. The SMILES string of the molecule is Cc1nnc(CN2CCC[C@@H]2c2ccc3c(c2)OCCCO3)o1. The summed E-state index contributed by atoms with van der Waals surface area (Å²) in [6.45, 7) is 4.99. The summed E-state index contributed by atoms with van der Waals surface area (Å²) in [5.41, 5.74) is 1.27. The van der Waals surface area contributed by atoms with E-state index >= 15 is 0 Å². The number of aryl methyl sites for hydroxylation is 1. The third kappa shape index (κ3) is 3.03. The first kappa shape index (κ1) is 14.5. The minimum Gasteiger partial charge on any atom is -0.490 e. The van der Waals surface area contributed by atoms with Gasteiger partial charge < -0.3 is 13.9 Å². The van der Waals surface area contributed by atoms with Crippen LogP contribution in [0.25, 0.3) is 0 Å². The highest BCUT2D eigenvalue weighted by Crippen LogP contribution is 2.38. The summed E-state index contributed by atoms with van der Waals surface area (Å²) in [5, 5.41) is 8.03. The van der Waals surface area contributed by atoms with Gasteiger partial charge in [0.25, 0.3) is 0 Å². The minimum absolute atomic E-state index is 0.361. The van der Waals surface area contributed by atoms with Crippen LogP contribution in [-0.4, -0.2) is 34.9 Å². The second kappa shape index (κ2) is 6.20. The molecule has 4 rings (SSSR count). The highest BCUT2D eigenvalue weighted by molar-refractivity contribution is 5.44. The maximum absolute atomic E-state index is 5.82. The fourth-order valence-corrected chi connectivity index (χ4v) is 3.36. The van der Waals surface area contributed by atoms with Gasteiger partial charge in [-0.05, 0) is 37.1 Å². The van der Waals surface area contributed by atoms with Gasteiger partial charge in [-0.15, -0.1) is 10.2 Å². The van der Waals surface area contributed by atoms with Crippen LogP contribution in [0, 0.1) is 6.92 Å². The Morgan fingerprint density at radius 2 is 2.00 bits per heavy atom. The highest BCUT2D eigenvalue weighted by Gasteiger charge is 2.28. The second-order valence-electron chi connectivity index (χ2n) is 6.10. The van der Waals surface area contributed by atoms with E-state index in [0.29, 0.717) is 31.0 Å². The normalized spacial score (nSPS) is 21.3. The number of ether oxygens (including phenoxy) is 2. The van der Waals surface area contributed by atoms with E-state index in [1.807, 2.05) is 13.0 Å². The monoisotopic (exact) mass is 315 g/mol. The fourth-order valence-electron chi connectivity index (χ4n) is 3.36. The summed E-state index contributed by atoms with van der Waals surface area (Å²) in [6.07, 6.45) is 3.23. The largest absolute Gasteiger partial charge is 0.490 e. The molecule has 23 heavy (non-hydrogen) atoms. The van der Waals surface area contributed by atoms with Crippen molar-refractivity contribution in [1.29, 1.82) is 0 Å². The van der Waals surface area contributed by atoms with Gasteiger partial charge in [0.05, 0.1) is 19.8 Å². The molecule has 6 heteroatoms. The lowest BCUT2D eigenvalue weighted by atomic mass is 10.0. The van der Waals surface area contributed by atoms with Crippen molar-refractivity contribution in [1.82, 2.24) is 15.1 Å². The van der Waals surface area contributed by atoms with E-state index < -0.39 is 0 Å². The first-order valence-corrected chi connectivity index (χ1v) is 8.22. The highest BCUT2D eigenvalue weighted by atomic mass is 16.5. The molecule has 1 saturated heterocycles. The van der Waals surface area contributed by atoms with Crippen molar-refractivity contribution >= 4 is 0 Å². The van der Waals surface area contributed by atoms with Crippen LogP contribution in [-0.2, 0) is 6.54 Å². The second-order valence-corrected chi connectivity index (χ2v) is 6.10. The van der Waals surface area contributed by atoms with Crippen LogP contribution < -0.4 is 9.47 Å². The summed E-state index contributed by atoms with van der Waals surface area (Å²) < 4.78 is 17.1. The predicted octanol–water partition coefficient (Wildman–Crippen LogP) is 2.88. The van der Waals surface area contributed by atoms with Crippen LogP contribution in [0.1, 0.15) is 42.6 Å². The van der Waals surface area contributed by atoms with Crippen molar-refractivity contribution in [3.8, 4) is 11.5 Å². The molecule has 3 heterocycles. The van der Waals surface area contributed by atoms with Crippen molar-refractivity contribution in [2.45, 2.75) is 38.8 Å². The number of rotatable bonds is 3. The summed E-state index contributed by atoms with van der Waals surface area (Å²) in [5.74, 6) is 3.01. The van der Waals surface area contributed by atoms with E-state index in [1.165, 1.54) is 12.0 Å². The summed E-state index contributed by atoms with van der Waals surface area (Å²) >= 11 is 0. The quantitative estimate of drug-likeness (QED) is 0.868. The molecule has 0 amide bonds. The molecule has 122 valence electrons. The van der Waals surface area contributed by atoms with Gasteiger partial charge in [0, 0.05) is 19.4 Å². The molecule has 1 aromatic carbocycles. The molecule has 0 unspecified atom stereocenters. The average molecular weight is 315 g/mol. The van der Waals surface area contributed by atoms with E-state index in [-0.39, 0.29) is 0 Å². The zero-order valence-electron chi connectivity index (χ0n) is 13.3. The number of hydrogen-bond donors (Lipinski definition) is 0. The smallest absolute Gasteiger partial charge is 0.230 e. The number of hydrogen-bond acceptors (Lipinski definition) is 6. The van der Waals surface area contributed by atoms with Crippen molar-refractivity contribution in [3.63, 3.8) is 0 Å². The van der Waals surface area contributed by atoms with E-state index in [0.717, 1.165) is 37.5 Å². The van der Waals surface area contributed by atoms with Crippen LogP contribution in [0.5, 0.6) is 11.5 Å². The molecule has 1 atom stereocenters. The molecule has 0 bridgehead atoms. The van der Waals surface area contributed by atoms with Crippen LogP contribution in [0.15, 0.2) is 22.6 Å². The third-order valence-corrected chi connectivity index (χ3v) is 4.43. The standard InChI is InChI=1S/C17H21N3O3/c1-12-18-19-17(23-12)11-20-7-2-4-14(20)13-5-6-15-16(10-13)22-9-3-8-21-15/h5-6,10,14H,2-4,7-9,11H2,1H3/t14-/m1/s1. The lowest BCUT2D eigenvalue weighted by Crippen LogP contribution is -2.23. The maximum Gasteiger partial charge on any atom is 0.230 e. The molecule has 0 spiro atoms. The van der Waals surface area contributed by atoms with E-state index in [9.17, 15) is 0 Å². The number of nitrogens with zero attached hydrogens (tertiary/aromatic N) is 3. The molecule has 6 nitrogen and oxygen atoms in total. The summed E-state index contributed by atoms with van der Waals surface area (Å²) in [7, 11) is 0. The third-order valence-electron chi connectivity index (χ3n) is 4.43. The van der Waals surface area contributed by atoms with Crippen LogP contribution in [0.2, 0.25) is 0 Å². The molecule has 1 fully saturated rings. The summed E-state index contributed by atoms with van der Waals surface area (Å²) in [6, 6.07) is 6.67. The number of benzene rings is 1. The van der Waals surface area contributed by atoms with Crippen molar-refractivity contribution in [2.75, 3.05) is 19.8 Å². The lowest BCUT2D eigenvalue weighted by molar-refractivity contribution is 0.221. The lowest BCUT2D eigenvalue weighted by Gasteiger charge is -2.24. The molecule has 1 aromatic heterocycles. The van der Waals surface area contributed by atoms with Crippen molar-refractivity contribution in [3.05, 3.63) is 35.5 Å². The Balaban J connectivity index is 1.55. The molecule has 0 aliphatic carbocycles. The van der Waals surface area contributed by atoms with Gasteiger partial charge in [0.1, 0.15) is 0 Å².